The van der Waals surface area contributed by atoms with Gasteiger partial charge in [0.2, 0.25) is 0 Å². The largest absolute Gasteiger partial charge is 0.496 e. The van der Waals surface area contributed by atoms with E-state index in [-0.39, 0.29) is 6.04 Å². The predicted octanol–water partition coefficient (Wildman–Crippen LogP) is 9.32. The van der Waals surface area contributed by atoms with Crippen LogP contribution in [-0.2, 0) is 6.42 Å². The number of aliphatic hydroxyl groups is 1. The second-order valence-electron chi connectivity index (χ2n) is 18.2. The van der Waals surface area contributed by atoms with Gasteiger partial charge >= 0.3 is 5.97 Å². The number of piperidine rings is 1. The van der Waals surface area contributed by atoms with Gasteiger partial charge in [-0.25, -0.2) is 4.79 Å². The number of allylic oxidation sites excluding steroid dienone is 1. The highest BCUT2D eigenvalue weighted by molar-refractivity contribution is 7.15. The molecule has 12 heteroatoms. The quantitative estimate of drug-likeness (QED) is 0.146. The van der Waals surface area contributed by atoms with Gasteiger partial charge in [-0.05, 0) is 130 Å². The molecule has 2 fully saturated rings. The third-order valence-electron chi connectivity index (χ3n) is 14.2. The van der Waals surface area contributed by atoms with Crippen molar-refractivity contribution >= 4 is 45.5 Å². The lowest BCUT2D eigenvalue weighted by Crippen LogP contribution is -2.55. The molecule has 11 nitrogen and oxygen atoms in total. The van der Waals surface area contributed by atoms with E-state index in [1.54, 1.807) is 24.5 Å². The average molecular weight is 888 g/mol. The number of aromatic nitrogens is 3. The summed E-state index contributed by atoms with van der Waals surface area (Å²) in [5, 5.41) is 31.8. The number of rotatable bonds is 9. The van der Waals surface area contributed by atoms with E-state index in [4.69, 9.17) is 9.73 Å². The standard InChI is InChI=1S/C53H57N7O4S/c1-33-35(3)65-51-47(33)49(54-34(2)50-56-55-36(4)60(50)51)38-14-17-41(18-15-38)58-24-22-53(63,23-25-58)32-57-26-28-59(29-27-57)42-19-21-45(46(31-42)64-5)48-43(37-10-7-6-8-11-37)13-9-12-39-30-40(52(61)62)16-20-44(39)48/h6-8,10-11,14-21,30-31,34,63H,9,12-13,22-29,32H2,1-5H3,(H,61,62)/t34-/m0/s1. The number of nitrogens with zero attached hydrogens (tertiary/aromatic N) is 7. The lowest BCUT2D eigenvalue weighted by Gasteiger charge is -2.44. The minimum absolute atomic E-state index is 0.120. The molecular weight excluding hydrogens is 831 g/mol. The molecule has 334 valence electrons. The maximum atomic E-state index is 12.0. The average Bonchev–Trinajstić information content (AvgIpc) is 3.73. The number of anilines is 2. The molecule has 4 aliphatic rings. The molecule has 1 atom stereocenters. The zero-order valence-electron chi connectivity index (χ0n) is 38.0. The highest BCUT2D eigenvalue weighted by atomic mass is 32.1. The first-order chi connectivity index (χ1) is 31.5. The molecule has 0 saturated carbocycles. The van der Waals surface area contributed by atoms with E-state index < -0.39 is 11.6 Å². The highest BCUT2D eigenvalue weighted by Crippen LogP contribution is 2.44. The van der Waals surface area contributed by atoms with Crippen molar-refractivity contribution in [3.05, 3.63) is 152 Å². The number of aromatic carboxylic acids is 1. The smallest absolute Gasteiger partial charge is 0.335 e. The summed E-state index contributed by atoms with van der Waals surface area (Å²) in [5.41, 5.74) is 13.0. The van der Waals surface area contributed by atoms with Gasteiger partial charge in [0, 0.05) is 84.8 Å². The number of aliphatic imine (C=N–C) groups is 1. The van der Waals surface area contributed by atoms with Gasteiger partial charge in [0.05, 0.1) is 24.0 Å². The summed E-state index contributed by atoms with van der Waals surface area (Å²) in [4.78, 5) is 25.7. The molecule has 2 saturated heterocycles. The fourth-order valence-corrected chi connectivity index (χ4v) is 11.7. The SMILES string of the molecule is COc1cc(N2CCN(CC3(O)CCN(c4ccc(C5=N[C@@H](C)c6nnc(C)n6-c6sc(C)c(C)c65)cc4)CC3)CC2)ccc1C1=C(c2ccccc2)CCCc2cc(C(=O)O)ccc21. The van der Waals surface area contributed by atoms with Crippen LogP contribution in [0.1, 0.15) is 104 Å². The maximum absolute atomic E-state index is 12.0. The fourth-order valence-electron chi connectivity index (χ4n) is 10.5. The number of aryl methyl sites for hydroxylation is 3. The van der Waals surface area contributed by atoms with Crippen LogP contribution in [0, 0.1) is 20.8 Å². The van der Waals surface area contributed by atoms with Crippen LogP contribution in [-0.4, -0.2) is 100 Å². The Morgan fingerprint density at radius 3 is 2.25 bits per heavy atom. The van der Waals surface area contributed by atoms with E-state index in [0.29, 0.717) is 12.1 Å². The molecule has 2 N–H and O–H groups in total. The summed E-state index contributed by atoms with van der Waals surface area (Å²) < 4.78 is 8.35. The third-order valence-corrected chi connectivity index (χ3v) is 15.4. The number of thiophene rings is 1. The first-order valence-corrected chi connectivity index (χ1v) is 23.8. The highest BCUT2D eigenvalue weighted by Gasteiger charge is 2.36. The van der Waals surface area contributed by atoms with Gasteiger partial charge in [0.15, 0.2) is 5.82 Å². The Kier molecular flexibility index (Phi) is 11.5. The second kappa shape index (κ2) is 17.4. The topological polar surface area (TPSA) is 120 Å². The number of carboxylic acids is 1. The Bertz CT molecular complexity index is 2830. The molecule has 4 aromatic carbocycles. The molecule has 0 radical (unpaired) electrons. The van der Waals surface area contributed by atoms with Gasteiger partial charge in [-0.15, -0.1) is 21.5 Å². The first-order valence-electron chi connectivity index (χ1n) is 23.0. The van der Waals surface area contributed by atoms with Crippen LogP contribution in [0.3, 0.4) is 0 Å². The number of methoxy groups -OCH3 is 1. The summed E-state index contributed by atoms with van der Waals surface area (Å²) in [7, 11) is 1.74. The third kappa shape index (κ3) is 8.06. The molecule has 10 rings (SSSR count). The Labute approximate surface area is 385 Å². The van der Waals surface area contributed by atoms with Crippen molar-refractivity contribution in [2.45, 2.75) is 71.4 Å². The van der Waals surface area contributed by atoms with Gasteiger partial charge in [-0.1, -0.05) is 48.5 Å². The number of carbonyl (C=O) groups is 1. The number of carboxylic acid groups (broad SMARTS) is 1. The van der Waals surface area contributed by atoms with Gasteiger partial charge in [-0.3, -0.25) is 14.5 Å². The maximum Gasteiger partial charge on any atom is 0.335 e. The van der Waals surface area contributed by atoms with E-state index in [9.17, 15) is 15.0 Å². The fraction of sp³-hybridized carbons (Fsp3) is 0.358. The van der Waals surface area contributed by atoms with E-state index in [2.05, 4.69) is 117 Å². The summed E-state index contributed by atoms with van der Waals surface area (Å²) in [5.74, 6) is 1.65. The van der Waals surface area contributed by atoms with Crippen LogP contribution in [0.5, 0.6) is 5.75 Å². The van der Waals surface area contributed by atoms with Crippen LogP contribution in [0.25, 0.3) is 16.1 Å². The summed E-state index contributed by atoms with van der Waals surface area (Å²) in [6.07, 6.45) is 4.05. The van der Waals surface area contributed by atoms with Crippen molar-refractivity contribution in [3.8, 4) is 10.8 Å². The number of hydrogen-bond acceptors (Lipinski definition) is 10. The molecule has 1 aliphatic carbocycles. The normalized spacial score (nSPS) is 18.6. The van der Waals surface area contributed by atoms with Crippen molar-refractivity contribution < 1.29 is 19.7 Å². The lowest BCUT2D eigenvalue weighted by molar-refractivity contribution is -0.0173. The lowest BCUT2D eigenvalue weighted by atomic mass is 9.86. The molecule has 0 bridgehead atoms. The van der Waals surface area contributed by atoms with Crippen LogP contribution in [0.15, 0.2) is 96.0 Å². The number of piperazine rings is 1. The predicted molar refractivity (Wildman–Crippen MR) is 261 cm³/mol. The van der Waals surface area contributed by atoms with E-state index in [1.807, 2.05) is 25.1 Å². The minimum atomic E-state index is -0.909. The number of ether oxygens (including phenoxy) is 1. The zero-order valence-corrected chi connectivity index (χ0v) is 38.8. The Balaban J connectivity index is 0.798. The van der Waals surface area contributed by atoms with Gasteiger partial charge in [0.25, 0.3) is 0 Å². The van der Waals surface area contributed by atoms with Gasteiger partial charge < -0.3 is 24.7 Å². The summed E-state index contributed by atoms with van der Waals surface area (Å²) in [6.45, 7) is 14.2. The van der Waals surface area contributed by atoms with Crippen LogP contribution in [0.4, 0.5) is 11.4 Å². The number of hydrogen-bond donors (Lipinski definition) is 2. The number of fused-ring (bicyclic) bond motifs is 4. The molecule has 5 heterocycles. The molecule has 0 spiro atoms. The molecule has 65 heavy (non-hydrogen) atoms. The second-order valence-corrected chi connectivity index (χ2v) is 19.4. The van der Waals surface area contributed by atoms with Crippen molar-refractivity contribution in [2.75, 3.05) is 62.7 Å². The van der Waals surface area contributed by atoms with Crippen LogP contribution >= 0.6 is 11.3 Å². The summed E-state index contributed by atoms with van der Waals surface area (Å²) >= 11 is 1.78. The van der Waals surface area contributed by atoms with Crippen LogP contribution in [0.2, 0.25) is 0 Å². The molecule has 3 aliphatic heterocycles. The molecule has 6 aromatic rings. The van der Waals surface area contributed by atoms with Gasteiger partial charge in [-0.2, -0.15) is 0 Å². The summed E-state index contributed by atoms with van der Waals surface area (Å²) in [6, 6.07) is 31.3. The minimum Gasteiger partial charge on any atom is -0.496 e. The Hall–Kier alpha value is -6.08. The molecule has 2 aromatic heterocycles. The van der Waals surface area contributed by atoms with Crippen molar-refractivity contribution in [3.63, 3.8) is 0 Å². The monoisotopic (exact) mass is 887 g/mol. The van der Waals surface area contributed by atoms with E-state index in [0.717, 1.165) is 133 Å². The molecule has 0 unspecified atom stereocenters. The molecule has 0 amide bonds. The zero-order chi connectivity index (χ0) is 45.0. The van der Waals surface area contributed by atoms with E-state index >= 15 is 0 Å². The van der Waals surface area contributed by atoms with Crippen LogP contribution < -0.4 is 14.5 Å². The van der Waals surface area contributed by atoms with Crippen molar-refractivity contribution in [1.82, 2.24) is 19.7 Å². The van der Waals surface area contributed by atoms with Crippen molar-refractivity contribution in [1.29, 1.82) is 0 Å². The Morgan fingerprint density at radius 2 is 1.52 bits per heavy atom. The van der Waals surface area contributed by atoms with Crippen molar-refractivity contribution in [2.24, 2.45) is 4.99 Å². The van der Waals surface area contributed by atoms with E-state index in [1.165, 1.54) is 32.8 Å². The number of β-amino-alcohol motifs (C(OH)–C–C–N with tert-alkyl or cyclic N) is 1. The Morgan fingerprint density at radius 1 is 0.815 bits per heavy atom. The number of benzene rings is 4. The first kappa shape index (κ1) is 42.8. The molecular formula is C53H57N7O4S. The van der Waals surface area contributed by atoms with Gasteiger partial charge in [0.1, 0.15) is 22.6 Å².